The number of ether oxygens (including phenoxy) is 1. The zero-order chi connectivity index (χ0) is 18.8. The highest BCUT2D eigenvalue weighted by atomic mass is 16.5. The summed E-state index contributed by atoms with van der Waals surface area (Å²) in [7, 11) is 3.67. The molecule has 27 heavy (non-hydrogen) atoms. The predicted octanol–water partition coefficient (Wildman–Crippen LogP) is 2.93. The predicted molar refractivity (Wildman–Crippen MR) is 104 cm³/mol. The minimum atomic E-state index is 0.195. The molecule has 0 unspecified atom stereocenters. The standard InChI is InChI=1S/C21H24N4O2/c1-24-20(23-17-7-5-12-22-21(17)24)16-11-13-25(14-16)19(26)10-9-15-6-3-4-8-18(15)27-2/h3-8,12,16H,9-11,13-14H2,1-2H3/t16-/m1/s1. The van der Waals surface area contributed by atoms with E-state index in [2.05, 4.69) is 9.55 Å². The van der Waals surface area contributed by atoms with E-state index in [1.165, 1.54) is 0 Å². The Kier molecular flexibility index (Phi) is 4.79. The number of pyridine rings is 1. The van der Waals surface area contributed by atoms with Crippen molar-refractivity contribution >= 4 is 17.1 Å². The first-order valence-electron chi connectivity index (χ1n) is 9.34. The van der Waals surface area contributed by atoms with Gasteiger partial charge in [-0.1, -0.05) is 18.2 Å². The Bertz CT molecular complexity index is 966. The molecule has 3 aromatic rings. The van der Waals surface area contributed by atoms with Crippen LogP contribution in [0.15, 0.2) is 42.6 Å². The van der Waals surface area contributed by atoms with Gasteiger partial charge in [0, 0.05) is 38.7 Å². The van der Waals surface area contributed by atoms with Gasteiger partial charge in [-0.05, 0) is 36.6 Å². The van der Waals surface area contributed by atoms with Crippen molar-refractivity contribution in [3.8, 4) is 5.75 Å². The summed E-state index contributed by atoms with van der Waals surface area (Å²) in [6, 6.07) is 11.8. The number of carbonyl (C=O) groups excluding carboxylic acids is 1. The summed E-state index contributed by atoms with van der Waals surface area (Å²) < 4.78 is 7.44. The summed E-state index contributed by atoms with van der Waals surface area (Å²) in [4.78, 5) is 23.8. The molecule has 1 atom stereocenters. The minimum absolute atomic E-state index is 0.195. The molecular weight excluding hydrogens is 340 g/mol. The van der Waals surface area contributed by atoms with Crippen LogP contribution >= 0.6 is 0 Å². The third kappa shape index (κ3) is 3.39. The van der Waals surface area contributed by atoms with E-state index in [0.717, 1.165) is 47.8 Å². The number of para-hydroxylation sites is 1. The van der Waals surface area contributed by atoms with E-state index in [4.69, 9.17) is 9.72 Å². The minimum Gasteiger partial charge on any atom is -0.496 e. The first-order chi connectivity index (χ1) is 13.2. The lowest BCUT2D eigenvalue weighted by molar-refractivity contribution is -0.130. The molecule has 3 heterocycles. The van der Waals surface area contributed by atoms with Crippen molar-refractivity contribution < 1.29 is 9.53 Å². The maximum atomic E-state index is 12.7. The number of rotatable bonds is 5. The summed E-state index contributed by atoms with van der Waals surface area (Å²) in [5, 5.41) is 0. The van der Waals surface area contributed by atoms with Crippen LogP contribution < -0.4 is 4.74 Å². The smallest absolute Gasteiger partial charge is 0.222 e. The summed E-state index contributed by atoms with van der Waals surface area (Å²) in [6.45, 7) is 1.51. The molecular formula is C21H24N4O2. The first kappa shape index (κ1) is 17.5. The van der Waals surface area contributed by atoms with Crippen LogP contribution in [0.25, 0.3) is 11.2 Å². The van der Waals surface area contributed by atoms with Gasteiger partial charge in [-0.3, -0.25) is 4.79 Å². The Morgan fingerprint density at radius 3 is 2.93 bits per heavy atom. The van der Waals surface area contributed by atoms with E-state index in [1.807, 2.05) is 48.3 Å². The quantitative estimate of drug-likeness (QED) is 0.698. The van der Waals surface area contributed by atoms with Gasteiger partial charge in [0.15, 0.2) is 5.65 Å². The number of carbonyl (C=O) groups is 1. The van der Waals surface area contributed by atoms with Crippen LogP contribution in [-0.4, -0.2) is 45.5 Å². The van der Waals surface area contributed by atoms with Crippen molar-refractivity contribution in [2.24, 2.45) is 7.05 Å². The molecule has 140 valence electrons. The Morgan fingerprint density at radius 2 is 2.11 bits per heavy atom. The summed E-state index contributed by atoms with van der Waals surface area (Å²) in [5.41, 5.74) is 2.88. The average Bonchev–Trinajstić information content (AvgIpc) is 3.32. The topological polar surface area (TPSA) is 60.2 Å². The van der Waals surface area contributed by atoms with Crippen molar-refractivity contribution in [3.63, 3.8) is 0 Å². The number of benzene rings is 1. The Labute approximate surface area is 158 Å². The number of aromatic nitrogens is 3. The second-order valence-electron chi connectivity index (χ2n) is 7.01. The third-order valence-corrected chi connectivity index (χ3v) is 5.37. The van der Waals surface area contributed by atoms with Gasteiger partial charge >= 0.3 is 0 Å². The highest BCUT2D eigenvalue weighted by Gasteiger charge is 2.30. The lowest BCUT2D eigenvalue weighted by Crippen LogP contribution is -2.28. The normalized spacial score (nSPS) is 16.8. The van der Waals surface area contributed by atoms with Crippen molar-refractivity contribution in [2.75, 3.05) is 20.2 Å². The largest absolute Gasteiger partial charge is 0.496 e. The van der Waals surface area contributed by atoms with Gasteiger partial charge in [-0.15, -0.1) is 0 Å². The van der Waals surface area contributed by atoms with E-state index in [9.17, 15) is 4.79 Å². The van der Waals surface area contributed by atoms with Crippen LogP contribution in [0.4, 0.5) is 0 Å². The molecule has 6 nitrogen and oxygen atoms in total. The van der Waals surface area contributed by atoms with E-state index in [1.54, 1.807) is 13.3 Å². The molecule has 1 saturated heterocycles. The summed E-state index contributed by atoms with van der Waals surface area (Å²) in [5.74, 6) is 2.32. The number of likely N-dealkylation sites (tertiary alicyclic amines) is 1. The second kappa shape index (κ2) is 7.39. The van der Waals surface area contributed by atoms with Gasteiger partial charge in [0.05, 0.1) is 7.11 Å². The molecule has 0 bridgehead atoms. The molecule has 0 saturated carbocycles. The highest BCUT2D eigenvalue weighted by Crippen LogP contribution is 2.29. The number of imidazole rings is 1. The Balaban J connectivity index is 1.41. The van der Waals surface area contributed by atoms with Crippen LogP contribution in [0.3, 0.4) is 0 Å². The fourth-order valence-electron chi connectivity index (χ4n) is 3.91. The molecule has 1 aromatic carbocycles. The lowest BCUT2D eigenvalue weighted by atomic mass is 10.1. The molecule has 0 radical (unpaired) electrons. The molecule has 0 aliphatic carbocycles. The van der Waals surface area contributed by atoms with Crippen LogP contribution in [0.5, 0.6) is 5.75 Å². The van der Waals surface area contributed by atoms with Crippen molar-refractivity contribution in [1.82, 2.24) is 19.4 Å². The maximum absolute atomic E-state index is 12.7. The van der Waals surface area contributed by atoms with Crippen molar-refractivity contribution in [3.05, 3.63) is 54.0 Å². The number of hydrogen-bond acceptors (Lipinski definition) is 4. The van der Waals surface area contributed by atoms with Gasteiger partial charge in [-0.2, -0.15) is 0 Å². The monoisotopic (exact) mass is 364 g/mol. The van der Waals surface area contributed by atoms with Gasteiger partial charge in [0.25, 0.3) is 0 Å². The lowest BCUT2D eigenvalue weighted by Gasteiger charge is -2.17. The van der Waals surface area contributed by atoms with Crippen LogP contribution in [0.1, 0.15) is 30.1 Å². The zero-order valence-electron chi connectivity index (χ0n) is 15.8. The van der Waals surface area contributed by atoms with Crippen LogP contribution in [-0.2, 0) is 18.3 Å². The molecule has 0 N–H and O–H groups in total. The van der Waals surface area contributed by atoms with E-state index >= 15 is 0 Å². The van der Waals surface area contributed by atoms with Crippen molar-refractivity contribution in [2.45, 2.75) is 25.2 Å². The van der Waals surface area contributed by atoms with E-state index < -0.39 is 0 Å². The van der Waals surface area contributed by atoms with Gasteiger partial charge in [0.2, 0.25) is 5.91 Å². The Morgan fingerprint density at radius 1 is 1.26 bits per heavy atom. The average molecular weight is 364 g/mol. The van der Waals surface area contributed by atoms with Gasteiger partial charge in [-0.25, -0.2) is 9.97 Å². The fraction of sp³-hybridized carbons (Fsp3) is 0.381. The van der Waals surface area contributed by atoms with Gasteiger partial charge in [0.1, 0.15) is 17.1 Å². The number of methoxy groups -OCH3 is 1. The first-order valence-corrected chi connectivity index (χ1v) is 9.34. The zero-order valence-corrected chi connectivity index (χ0v) is 15.8. The summed E-state index contributed by atoms with van der Waals surface area (Å²) in [6.07, 6.45) is 3.92. The SMILES string of the molecule is COc1ccccc1CCC(=O)N1CC[C@@H](c2nc3cccnc3n2C)C1. The number of amides is 1. The Hall–Kier alpha value is -2.89. The molecule has 1 aliphatic heterocycles. The number of hydrogen-bond donors (Lipinski definition) is 0. The van der Waals surface area contributed by atoms with Crippen LogP contribution in [0, 0.1) is 0 Å². The number of fused-ring (bicyclic) bond motifs is 1. The summed E-state index contributed by atoms with van der Waals surface area (Å²) >= 11 is 0. The molecule has 6 heteroatoms. The molecule has 1 fully saturated rings. The van der Waals surface area contributed by atoms with Gasteiger partial charge < -0.3 is 14.2 Å². The molecule has 1 aliphatic rings. The van der Waals surface area contributed by atoms with E-state index in [0.29, 0.717) is 12.8 Å². The molecule has 0 spiro atoms. The fourth-order valence-corrected chi connectivity index (χ4v) is 3.91. The highest BCUT2D eigenvalue weighted by molar-refractivity contribution is 5.77. The number of aryl methyl sites for hydroxylation is 2. The van der Waals surface area contributed by atoms with Crippen molar-refractivity contribution in [1.29, 1.82) is 0 Å². The number of nitrogens with zero attached hydrogens (tertiary/aromatic N) is 4. The second-order valence-corrected chi connectivity index (χ2v) is 7.01. The third-order valence-electron chi connectivity index (χ3n) is 5.37. The van der Waals surface area contributed by atoms with Crippen LogP contribution in [0.2, 0.25) is 0 Å². The molecule has 2 aromatic heterocycles. The maximum Gasteiger partial charge on any atom is 0.222 e. The van der Waals surface area contributed by atoms with E-state index in [-0.39, 0.29) is 11.8 Å². The molecule has 1 amide bonds. The molecule has 4 rings (SSSR count).